The van der Waals surface area contributed by atoms with Gasteiger partial charge in [0, 0.05) is 0 Å². The molecule has 0 unspecified atom stereocenters. The van der Waals surface area contributed by atoms with Crippen molar-refractivity contribution in [1.82, 2.24) is 0 Å². The lowest BCUT2D eigenvalue weighted by molar-refractivity contribution is 0.113. The summed E-state index contributed by atoms with van der Waals surface area (Å²) >= 11 is 0. The lowest BCUT2D eigenvalue weighted by atomic mass is 9.76. The minimum atomic E-state index is 0.206. The Hall–Kier alpha value is -0.980. The van der Waals surface area contributed by atoms with E-state index in [2.05, 4.69) is 38.1 Å². The monoisotopic (exact) mass is 188 g/mol. The Balaban J connectivity index is 2.12. The maximum atomic E-state index is 6.07. The van der Waals surface area contributed by atoms with Gasteiger partial charge in [0.15, 0.2) is 0 Å². The summed E-state index contributed by atoms with van der Waals surface area (Å²) < 4.78 is 6.07. The van der Waals surface area contributed by atoms with Crippen LogP contribution < -0.4 is 4.74 Å². The van der Waals surface area contributed by atoms with Crippen molar-refractivity contribution in [3.63, 3.8) is 0 Å². The summed E-state index contributed by atoms with van der Waals surface area (Å²) in [7, 11) is 0. The van der Waals surface area contributed by atoms with Crippen LogP contribution in [-0.4, -0.2) is 5.60 Å². The highest BCUT2D eigenvalue weighted by Gasteiger charge is 2.52. The van der Waals surface area contributed by atoms with Crippen molar-refractivity contribution in [3.8, 4) is 5.75 Å². The van der Waals surface area contributed by atoms with E-state index in [9.17, 15) is 0 Å². The predicted molar refractivity (Wildman–Crippen MR) is 56.7 cm³/mol. The second-order valence-corrected chi connectivity index (χ2v) is 5.34. The van der Waals surface area contributed by atoms with Gasteiger partial charge in [-0.1, -0.05) is 32.0 Å². The van der Waals surface area contributed by atoms with Gasteiger partial charge >= 0.3 is 0 Å². The lowest BCUT2D eigenvalue weighted by Gasteiger charge is -2.38. The van der Waals surface area contributed by atoms with Crippen LogP contribution in [0, 0.1) is 0 Å². The van der Waals surface area contributed by atoms with Gasteiger partial charge < -0.3 is 4.74 Å². The third-order valence-corrected chi connectivity index (χ3v) is 3.51. The summed E-state index contributed by atoms with van der Waals surface area (Å²) in [5, 5.41) is 0. The second-order valence-electron chi connectivity index (χ2n) is 5.34. The van der Waals surface area contributed by atoms with Crippen molar-refractivity contribution in [2.45, 2.75) is 44.1 Å². The van der Waals surface area contributed by atoms with Crippen LogP contribution in [0.3, 0.4) is 0 Å². The molecule has 3 rings (SSSR count). The zero-order chi connectivity index (χ0) is 9.81. The SMILES string of the molecule is CC1(C)CC2(CC2)Oc2ccccc21. The Morgan fingerprint density at radius 3 is 2.57 bits per heavy atom. The van der Waals surface area contributed by atoms with Crippen LogP contribution in [0.25, 0.3) is 0 Å². The van der Waals surface area contributed by atoms with E-state index in [0.29, 0.717) is 0 Å². The molecule has 0 N–H and O–H groups in total. The number of para-hydroxylation sites is 1. The summed E-state index contributed by atoms with van der Waals surface area (Å²) in [6, 6.07) is 8.48. The van der Waals surface area contributed by atoms with Gasteiger partial charge in [-0.05, 0) is 36.3 Å². The number of ether oxygens (including phenoxy) is 1. The Morgan fingerprint density at radius 1 is 1.14 bits per heavy atom. The van der Waals surface area contributed by atoms with Crippen LogP contribution in [0.4, 0.5) is 0 Å². The molecule has 74 valence electrons. The third kappa shape index (κ3) is 1.08. The van der Waals surface area contributed by atoms with Crippen LogP contribution in [0.2, 0.25) is 0 Å². The van der Waals surface area contributed by atoms with Gasteiger partial charge in [0.05, 0.1) is 0 Å². The average molecular weight is 188 g/mol. The molecule has 1 spiro atoms. The molecule has 1 nitrogen and oxygen atoms in total. The van der Waals surface area contributed by atoms with Crippen molar-refractivity contribution in [2.24, 2.45) is 0 Å². The van der Waals surface area contributed by atoms with Gasteiger partial charge in [0.25, 0.3) is 0 Å². The molecule has 1 heteroatoms. The Labute approximate surface area is 85.1 Å². The summed E-state index contributed by atoms with van der Waals surface area (Å²) in [6.45, 7) is 4.66. The highest BCUT2D eigenvalue weighted by Crippen LogP contribution is 2.54. The van der Waals surface area contributed by atoms with Gasteiger partial charge in [-0.2, -0.15) is 0 Å². The van der Waals surface area contributed by atoms with Crippen LogP contribution in [0.15, 0.2) is 24.3 Å². The zero-order valence-electron chi connectivity index (χ0n) is 8.84. The highest BCUT2D eigenvalue weighted by molar-refractivity contribution is 5.42. The molecule has 2 aliphatic rings. The molecule has 1 heterocycles. The van der Waals surface area contributed by atoms with Gasteiger partial charge in [0.1, 0.15) is 11.4 Å². The standard InChI is InChI=1S/C13H16O/c1-12(2)9-13(7-8-13)14-11-6-4-3-5-10(11)12/h3-6H,7-9H2,1-2H3. The van der Waals surface area contributed by atoms with E-state index >= 15 is 0 Å². The quantitative estimate of drug-likeness (QED) is 0.607. The molecular formula is C13H16O. The average Bonchev–Trinajstić information content (AvgIpc) is 2.83. The van der Waals surface area contributed by atoms with E-state index in [4.69, 9.17) is 4.74 Å². The van der Waals surface area contributed by atoms with Crippen LogP contribution in [0.1, 0.15) is 38.7 Å². The van der Waals surface area contributed by atoms with Crippen LogP contribution in [0.5, 0.6) is 5.75 Å². The third-order valence-electron chi connectivity index (χ3n) is 3.51. The first kappa shape index (κ1) is 8.34. The molecule has 1 fully saturated rings. The molecule has 0 radical (unpaired) electrons. The summed E-state index contributed by atoms with van der Waals surface area (Å²) in [6.07, 6.45) is 3.66. The highest BCUT2D eigenvalue weighted by atomic mass is 16.5. The molecule has 1 aliphatic carbocycles. The predicted octanol–water partition coefficient (Wildman–Crippen LogP) is 3.28. The number of fused-ring (bicyclic) bond motifs is 1. The Kier molecular flexibility index (Phi) is 1.39. The smallest absolute Gasteiger partial charge is 0.123 e. The summed E-state index contributed by atoms with van der Waals surface area (Å²) in [5.74, 6) is 1.11. The van der Waals surface area contributed by atoms with E-state index in [-0.39, 0.29) is 11.0 Å². The van der Waals surface area contributed by atoms with Crippen molar-refractivity contribution >= 4 is 0 Å². The van der Waals surface area contributed by atoms with Crippen LogP contribution >= 0.6 is 0 Å². The van der Waals surface area contributed by atoms with E-state index in [0.717, 1.165) is 5.75 Å². The van der Waals surface area contributed by atoms with Crippen molar-refractivity contribution in [1.29, 1.82) is 0 Å². The minimum absolute atomic E-state index is 0.206. The molecule has 0 aromatic heterocycles. The van der Waals surface area contributed by atoms with E-state index in [1.54, 1.807) is 0 Å². The summed E-state index contributed by atoms with van der Waals surface area (Å²) in [4.78, 5) is 0. The fourth-order valence-corrected chi connectivity index (χ4v) is 2.70. The first-order valence-corrected chi connectivity index (χ1v) is 5.40. The largest absolute Gasteiger partial charge is 0.487 e. The van der Waals surface area contributed by atoms with Gasteiger partial charge in [0.2, 0.25) is 0 Å². The van der Waals surface area contributed by atoms with E-state index in [1.165, 1.54) is 24.8 Å². The van der Waals surface area contributed by atoms with E-state index in [1.807, 2.05) is 0 Å². The van der Waals surface area contributed by atoms with Gasteiger partial charge in [-0.3, -0.25) is 0 Å². The van der Waals surface area contributed by atoms with E-state index < -0.39 is 0 Å². The molecule has 1 saturated carbocycles. The normalized spacial score (nSPS) is 25.3. The molecule has 1 aromatic carbocycles. The number of hydrogen-bond acceptors (Lipinski definition) is 1. The molecule has 0 amide bonds. The van der Waals surface area contributed by atoms with Crippen LogP contribution in [-0.2, 0) is 5.41 Å². The molecule has 0 bridgehead atoms. The molecule has 0 atom stereocenters. The van der Waals surface area contributed by atoms with Crippen molar-refractivity contribution < 1.29 is 4.74 Å². The zero-order valence-corrected chi connectivity index (χ0v) is 8.84. The lowest BCUT2D eigenvalue weighted by Crippen LogP contribution is -2.35. The summed E-state index contributed by atoms with van der Waals surface area (Å²) in [5.41, 5.74) is 1.86. The van der Waals surface area contributed by atoms with Gasteiger partial charge in [-0.15, -0.1) is 0 Å². The topological polar surface area (TPSA) is 9.23 Å². The van der Waals surface area contributed by atoms with Crippen molar-refractivity contribution in [3.05, 3.63) is 29.8 Å². The first-order chi connectivity index (χ1) is 6.61. The maximum absolute atomic E-state index is 6.07. The molecule has 0 saturated heterocycles. The fraction of sp³-hybridized carbons (Fsp3) is 0.538. The Bertz CT molecular complexity index is 375. The number of rotatable bonds is 0. The number of hydrogen-bond donors (Lipinski definition) is 0. The maximum Gasteiger partial charge on any atom is 0.123 e. The molecule has 1 aromatic rings. The number of benzene rings is 1. The van der Waals surface area contributed by atoms with Gasteiger partial charge in [-0.25, -0.2) is 0 Å². The molecular weight excluding hydrogens is 172 g/mol. The first-order valence-electron chi connectivity index (χ1n) is 5.40. The minimum Gasteiger partial charge on any atom is -0.487 e. The molecule has 14 heavy (non-hydrogen) atoms. The Morgan fingerprint density at radius 2 is 1.86 bits per heavy atom. The fourth-order valence-electron chi connectivity index (χ4n) is 2.70. The van der Waals surface area contributed by atoms with Crippen molar-refractivity contribution in [2.75, 3.05) is 0 Å². The molecule has 1 aliphatic heterocycles. The second kappa shape index (κ2) is 2.33.